The monoisotopic (exact) mass is 336 g/mol. The molecule has 7 nitrogen and oxygen atoms in total. The van der Waals surface area contributed by atoms with Crippen molar-refractivity contribution in [1.82, 2.24) is 14.6 Å². The van der Waals surface area contributed by atoms with E-state index in [1.807, 2.05) is 6.07 Å². The molecule has 0 radical (unpaired) electrons. The molecule has 0 unspecified atom stereocenters. The van der Waals surface area contributed by atoms with Crippen LogP contribution in [0.4, 0.5) is 0 Å². The van der Waals surface area contributed by atoms with E-state index in [-0.39, 0.29) is 9.96 Å². The van der Waals surface area contributed by atoms with Gasteiger partial charge in [0.1, 0.15) is 12.4 Å². The van der Waals surface area contributed by atoms with E-state index in [0.29, 0.717) is 5.65 Å². The molecule has 2 atom stereocenters. The Morgan fingerprint density at radius 1 is 1.35 bits per heavy atom. The first-order valence-corrected chi connectivity index (χ1v) is 10.5. The first-order valence-electron chi connectivity index (χ1n) is 7.63. The van der Waals surface area contributed by atoms with E-state index in [4.69, 9.17) is 4.43 Å². The Kier molecular flexibility index (Phi) is 4.58. The van der Waals surface area contributed by atoms with Crippen molar-refractivity contribution in [3.63, 3.8) is 0 Å². The standard InChI is InChI=1S/C15H24N4O3Si/c1-11(19(20)21)14(22-23(5,6)15(2,3)4)12-7-8-13-16-10-17-18(13)9-12/h7-11,14H,1-6H3/t11-,14+/m0/s1. The van der Waals surface area contributed by atoms with Crippen LogP contribution in [0.2, 0.25) is 18.1 Å². The number of aromatic nitrogens is 3. The smallest absolute Gasteiger partial charge is 0.239 e. The Labute approximate surface area is 137 Å². The molecule has 126 valence electrons. The summed E-state index contributed by atoms with van der Waals surface area (Å²) < 4.78 is 7.99. The Bertz CT molecular complexity index is 708. The third-order valence-electron chi connectivity index (χ3n) is 4.62. The van der Waals surface area contributed by atoms with Gasteiger partial charge >= 0.3 is 0 Å². The van der Waals surface area contributed by atoms with Crippen molar-refractivity contribution in [2.45, 2.75) is 58.0 Å². The van der Waals surface area contributed by atoms with Crippen LogP contribution in [0.15, 0.2) is 24.7 Å². The van der Waals surface area contributed by atoms with Crippen molar-refractivity contribution in [3.8, 4) is 0 Å². The second-order valence-electron chi connectivity index (χ2n) is 7.35. The highest BCUT2D eigenvalue weighted by molar-refractivity contribution is 6.74. The van der Waals surface area contributed by atoms with Gasteiger partial charge in [0.2, 0.25) is 6.04 Å². The lowest BCUT2D eigenvalue weighted by Gasteiger charge is -2.39. The van der Waals surface area contributed by atoms with Gasteiger partial charge in [-0.2, -0.15) is 5.10 Å². The zero-order valence-electron chi connectivity index (χ0n) is 14.5. The second kappa shape index (κ2) is 6.01. The molecule has 0 aliphatic rings. The zero-order valence-corrected chi connectivity index (χ0v) is 15.5. The zero-order chi connectivity index (χ0) is 17.4. The normalized spacial score (nSPS) is 15.6. The summed E-state index contributed by atoms with van der Waals surface area (Å²) in [5.74, 6) is 0. The summed E-state index contributed by atoms with van der Waals surface area (Å²) in [6.07, 6.45) is 2.61. The third-order valence-corrected chi connectivity index (χ3v) is 9.08. The Balaban J connectivity index is 2.43. The highest BCUT2D eigenvalue weighted by Crippen LogP contribution is 2.40. The van der Waals surface area contributed by atoms with Crippen LogP contribution in [0.25, 0.3) is 5.65 Å². The van der Waals surface area contributed by atoms with Crippen LogP contribution in [-0.4, -0.2) is 33.9 Å². The highest BCUT2D eigenvalue weighted by Gasteiger charge is 2.43. The fourth-order valence-electron chi connectivity index (χ4n) is 2.05. The summed E-state index contributed by atoms with van der Waals surface area (Å²) in [5.41, 5.74) is 1.45. The number of hydrogen-bond acceptors (Lipinski definition) is 5. The summed E-state index contributed by atoms with van der Waals surface area (Å²) >= 11 is 0. The third kappa shape index (κ3) is 3.58. The molecule has 2 heterocycles. The minimum atomic E-state index is -2.16. The van der Waals surface area contributed by atoms with Crippen molar-refractivity contribution >= 4 is 14.0 Å². The van der Waals surface area contributed by atoms with E-state index in [2.05, 4.69) is 43.9 Å². The predicted octanol–water partition coefficient (Wildman–Crippen LogP) is 3.46. The Morgan fingerprint density at radius 3 is 2.57 bits per heavy atom. The fourth-order valence-corrected chi connectivity index (χ4v) is 3.37. The summed E-state index contributed by atoms with van der Waals surface area (Å²) in [4.78, 5) is 15.2. The molecule has 0 amide bonds. The Morgan fingerprint density at radius 2 is 2.00 bits per heavy atom. The number of pyridine rings is 1. The van der Waals surface area contributed by atoms with E-state index >= 15 is 0 Å². The molecule has 2 rings (SSSR count). The number of rotatable bonds is 5. The fraction of sp³-hybridized carbons (Fsp3) is 0.600. The van der Waals surface area contributed by atoms with Crippen LogP contribution < -0.4 is 0 Å². The van der Waals surface area contributed by atoms with E-state index < -0.39 is 20.5 Å². The van der Waals surface area contributed by atoms with E-state index in [9.17, 15) is 10.1 Å². The summed E-state index contributed by atoms with van der Waals surface area (Å²) in [6, 6.07) is 2.80. The maximum absolute atomic E-state index is 11.4. The minimum absolute atomic E-state index is 0.0288. The predicted molar refractivity (Wildman–Crippen MR) is 90.5 cm³/mol. The average Bonchev–Trinajstić information content (AvgIpc) is 2.89. The molecule has 23 heavy (non-hydrogen) atoms. The SMILES string of the molecule is C[C@@H]([C@@H](O[Si](C)(C)C(C)(C)C)c1ccc2ncnn2c1)[N+](=O)[O-]. The molecule has 0 aliphatic heterocycles. The maximum atomic E-state index is 11.4. The minimum Gasteiger partial charge on any atom is -0.403 e. The van der Waals surface area contributed by atoms with Gasteiger partial charge in [0, 0.05) is 23.6 Å². The number of hydrogen-bond donors (Lipinski definition) is 0. The van der Waals surface area contributed by atoms with Gasteiger partial charge in [-0.1, -0.05) is 26.8 Å². The molecule has 0 N–H and O–H groups in total. The molecule has 0 bridgehead atoms. The number of nitro groups is 1. The average molecular weight is 336 g/mol. The van der Waals surface area contributed by atoms with Crippen molar-refractivity contribution in [2.24, 2.45) is 0 Å². The van der Waals surface area contributed by atoms with E-state index in [0.717, 1.165) is 5.56 Å². The van der Waals surface area contributed by atoms with Crippen molar-refractivity contribution in [1.29, 1.82) is 0 Å². The summed E-state index contributed by atoms with van der Waals surface area (Å²) in [5, 5.41) is 15.4. The van der Waals surface area contributed by atoms with Crippen molar-refractivity contribution < 1.29 is 9.35 Å². The lowest BCUT2D eigenvalue weighted by molar-refractivity contribution is -0.530. The lowest BCUT2D eigenvalue weighted by atomic mass is 10.1. The molecule has 8 heteroatoms. The molecule has 0 saturated carbocycles. The van der Waals surface area contributed by atoms with Gasteiger partial charge in [0.15, 0.2) is 14.0 Å². The van der Waals surface area contributed by atoms with E-state index in [1.165, 1.54) is 6.33 Å². The molecule has 2 aromatic rings. The summed E-state index contributed by atoms with van der Waals surface area (Å²) in [7, 11) is -2.16. The van der Waals surface area contributed by atoms with Crippen LogP contribution in [-0.2, 0) is 4.43 Å². The van der Waals surface area contributed by atoms with Gasteiger partial charge in [-0.15, -0.1) is 0 Å². The van der Waals surface area contributed by atoms with Crippen LogP contribution in [0.5, 0.6) is 0 Å². The van der Waals surface area contributed by atoms with Gasteiger partial charge in [-0.3, -0.25) is 10.1 Å². The van der Waals surface area contributed by atoms with Gasteiger partial charge in [0.25, 0.3) is 0 Å². The van der Waals surface area contributed by atoms with Crippen molar-refractivity contribution in [3.05, 3.63) is 40.3 Å². The van der Waals surface area contributed by atoms with Crippen LogP contribution in [0.3, 0.4) is 0 Å². The molecular weight excluding hydrogens is 312 g/mol. The molecule has 0 spiro atoms. The largest absolute Gasteiger partial charge is 0.403 e. The molecule has 0 fully saturated rings. The van der Waals surface area contributed by atoms with Crippen LogP contribution in [0.1, 0.15) is 39.4 Å². The van der Waals surface area contributed by atoms with Crippen molar-refractivity contribution in [2.75, 3.05) is 0 Å². The molecule has 2 aromatic heterocycles. The van der Waals surface area contributed by atoms with Gasteiger partial charge < -0.3 is 4.43 Å². The summed E-state index contributed by atoms with van der Waals surface area (Å²) in [6.45, 7) is 12.1. The molecule has 0 saturated heterocycles. The quantitative estimate of drug-likeness (QED) is 0.474. The van der Waals surface area contributed by atoms with Crippen LogP contribution in [0, 0.1) is 10.1 Å². The first-order chi connectivity index (χ1) is 10.5. The highest BCUT2D eigenvalue weighted by atomic mass is 28.4. The van der Waals surface area contributed by atoms with Gasteiger partial charge in [-0.05, 0) is 24.2 Å². The maximum Gasteiger partial charge on any atom is 0.239 e. The molecular formula is C15H24N4O3Si. The first kappa shape index (κ1) is 17.5. The van der Waals surface area contributed by atoms with Gasteiger partial charge in [-0.25, -0.2) is 9.50 Å². The van der Waals surface area contributed by atoms with Gasteiger partial charge in [0.05, 0.1) is 0 Å². The molecule has 0 aromatic carbocycles. The van der Waals surface area contributed by atoms with E-state index in [1.54, 1.807) is 23.7 Å². The number of fused-ring (bicyclic) bond motifs is 1. The Hall–Kier alpha value is -1.80. The lowest BCUT2D eigenvalue weighted by Crippen LogP contribution is -2.44. The van der Waals surface area contributed by atoms with Crippen LogP contribution >= 0.6 is 0 Å². The second-order valence-corrected chi connectivity index (χ2v) is 12.1. The number of nitrogens with zero attached hydrogens (tertiary/aromatic N) is 4. The topological polar surface area (TPSA) is 82.6 Å². The molecule has 0 aliphatic carbocycles.